The molecule has 154 valence electrons. The lowest BCUT2D eigenvalue weighted by molar-refractivity contribution is -0.133. The van der Waals surface area contributed by atoms with Crippen molar-refractivity contribution in [2.75, 3.05) is 23.9 Å². The van der Waals surface area contributed by atoms with Gasteiger partial charge in [-0.3, -0.25) is 13.9 Å². The molecule has 2 aromatic carbocycles. The van der Waals surface area contributed by atoms with E-state index in [2.05, 4.69) is 15.9 Å². The van der Waals surface area contributed by atoms with Gasteiger partial charge in [-0.05, 0) is 49.2 Å². The fraction of sp³-hybridized carbons (Fsp3) is 0.300. The predicted octanol–water partition coefficient (Wildman–Crippen LogP) is 2.37. The number of piperidine rings is 1. The van der Waals surface area contributed by atoms with E-state index < -0.39 is 10.0 Å². The molecule has 2 N–H and O–H groups in total. The van der Waals surface area contributed by atoms with E-state index in [4.69, 9.17) is 5.73 Å². The number of hydrogen-bond acceptors (Lipinski definition) is 4. The fourth-order valence-electron chi connectivity index (χ4n) is 3.28. The highest BCUT2D eigenvalue weighted by atomic mass is 79.9. The molecule has 0 bridgehead atoms. The second kappa shape index (κ2) is 8.96. The molecule has 2 amide bonds. The minimum atomic E-state index is -3.93. The number of sulfonamides is 1. The standard InChI is InChI=1S/C20H22BrN3O4S/c21-16-6-8-17(9-7-16)24(29(27,28)18-4-2-1-3-5-18)14-19(25)23-12-10-15(11-13-23)20(22)26/h1-9,15H,10-14H2,(H2,22,26). The number of carbonyl (C=O) groups excluding carboxylic acids is 2. The Balaban J connectivity index is 1.85. The molecule has 1 heterocycles. The van der Waals surface area contributed by atoms with Crippen LogP contribution in [-0.4, -0.2) is 44.8 Å². The minimum absolute atomic E-state index is 0.114. The number of rotatable bonds is 6. The van der Waals surface area contributed by atoms with Crippen molar-refractivity contribution in [3.8, 4) is 0 Å². The zero-order valence-corrected chi connectivity index (χ0v) is 18.1. The van der Waals surface area contributed by atoms with Gasteiger partial charge in [-0.2, -0.15) is 0 Å². The third-order valence-corrected chi connectivity index (χ3v) is 7.29. The monoisotopic (exact) mass is 479 g/mol. The third-order valence-electron chi connectivity index (χ3n) is 4.97. The Morgan fingerprint density at radius 1 is 1.03 bits per heavy atom. The summed E-state index contributed by atoms with van der Waals surface area (Å²) < 4.78 is 28.4. The number of amides is 2. The normalized spacial score (nSPS) is 15.1. The maximum atomic E-state index is 13.3. The van der Waals surface area contributed by atoms with Gasteiger partial charge in [-0.15, -0.1) is 0 Å². The third kappa shape index (κ3) is 4.97. The second-order valence-corrected chi connectivity index (χ2v) is 9.64. The molecule has 2 aromatic rings. The molecule has 7 nitrogen and oxygen atoms in total. The van der Waals surface area contributed by atoms with Crippen LogP contribution in [0.3, 0.4) is 0 Å². The van der Waals surface area contributed by atoms with Gasteiger partial charge in [0.2, 0.25) is 11.8 Å². The molecule has 0 unspecified atom stereocenters. The van der Waals surface area contributed by atoms with Crippen LogP contribution in [0.5, 0.6) is 0 Å². The highest BCUT2D eigenvalue weighted by Gasteiger charge is 2.31. The van der Waals surface area contributed by atoms with Gasteiger partial charge >= 0.3 is 0 Å². The smallest absolute Gasteiger partial charge is 0.264 e. The van der Waals surface area contributed by atoms with E-state index in [1.165, 1.54) is 12.1 Å². The van der Waals surface area contributed by atoms with Crippen molar-refractivity contribution >= 4 is 43.5 Å². The SMILES string of the molecule is NC(=O)C1CCN(C(=O)CN(c2ccc(Br)cc2)S(=O)(=O)c2ccccc2)CC1. The Labute approximate surface area is 178 Å². The molecule has 0 radical (unpaired) electrons. The summed E-state index contributed by atoms with van der Waals surface area (Å²) >= 11 is 3.34. The number of anilines is 1. The average molecular weight is 480 g/mol. The summed E-state index contributed by atoms with van der Waals surface area (Å²) in [7, 11) is -3.93. The molecule has 0 saturated carbocycles. The van der Waals surface area contributed by atoms with Gasteiger partial charge in [0.25, 0.3) is 10.0 Å². The molecular weight excluding hydrogens is 458 g/mol. The average Bonchev–Trinajstić information content (AvgIpc) is 2.73. The zero-order valence-electron chi connectivity index (χ0n) is 15.7. The highest BCUT2D eigenvalue weighted by Crippen LogP contribution is 2.26. The first-order valence-corrected chi connectivity index (χ1v) is 11.4. The Bertz CT molecular complexity index is 973. The molecule has 0 aromatic heterocycles. The Morgan fingerprint density at radius 2 is 1.62 bits per heavy atom. The predicted molar refractivity (Wildman–Crippen MR) is 114 cm³/mol. The van der Waals surface area contributed by atoms with Crippen LogP contribution in [0.15, 0.2) is 64.0 Å². The van der Waals surface area contributed by atoms with Gasteiger partial charge in [-0.25, -0.2) is 8.42 Å². The van der Waals surface area contributed by atoms with Crippen LogP contribution in [-0.2, 0) is 19.6 Å². The number of benzene rings is 2. The van der Waals surface area contributed by atoms with Crippen molar-refractivity contribution in [2.24, 2.45) is 11.7 Å². The van der Waals surface area contributed by atoms with E-state index in [1.54, 1.807) is 47.4 Å². The van der Waals surface area contributed by atoms with Crippen molar-refractivity contribution < 1.29 is 18.0 Å². The molecule has 1 aliphatic heterocycles. The Morgan fingerprint density at radius 3 is 2.17 bits per heavy atom. The van der Waals surface area contributed by atoms with E-state index in [9.17, 15) is 18.0 Å². The molecule has 0 aliphatic carbocycles. The lowest BCUT2D eigenvalue weighted by Crippen LogP contribution is -2.47. The number of hydrogen-bond donors (Lipinski definition) is 1. The van der Waals surface area contributed by atoms with Gasteiger partial charge in [0.1, 0.15) is 6.54 Å². The van der Waals surface area contributed by atoms with Crippen LogP contribution in [0.1, 0.15) is 12.8 Å². The van der Waals surface area contributed by atoms with Crippen LogP contribution in [0.25, 0.3) is 0 Å². The van der Waals surface area contributed by atoms with Gasteiger partial charge in [0.15, 0.2) is 0 Å². The summed E-state index contributed by atoms with van der Waals surface area (Å²) in [6, 6.07) is 14.8. The molecule has 3 rings (SSSR count). The summed E-state index contributed by atoms with van der Waals surface area (Å²) in [4.78, 5) is 25.9. The van der Waals surface area contributed by atoms with Gasteiger partial charge < -0.3 is 10.6 Å². The lowest BCUT2D eigenvalue weighted by Gasteiger charge is -2.33. The number of nitrogens with zero attached hydrogens (tertiary/aromatic N) is 2. The maximum Gasteiger partial charge on any atom is 0.264 e. The first kappa shape index (κ1) is 21.3. The molecule has 0 spiro atoms. The van der Waals surface area contributed by atoms with Gasteiger partial charge in [0, 0.05) is 23.5 Å². The van der Waals surface area contributed by atoms with Gasteiger partial charge in [-0.1, -0.05) is 34.1 Å². The van der Waals surface area contributed by atoms with Crippen LogP contribution >= 0.6 is 15.9 Å². The van der Waals surface area contributed by atoms with Crippen molar-refractivity contribution in [1.82, 2.24) is 4.90 Å². The highest BCUT2D eigenvalue weighted by molar-refractivity contribution is 9.10. The lowest BCUT2D eigenvalue weighted by atomic mass is 9.96. The topological polar surface area (TPSA) is 101 Å². The van der Waals surface area contributed by atoms with Gasteiger partial charge in [0.05, 0.1) is 10.6 Å². The summed E-state index contributed by atoms with van der Waals surface area (Å²) in [5, 5.41) is 0. The number of halogens is 1. The fourth-order valence-corrected chi connectivity index (χ4v) is 4.98. The maximum absolute atomic E-state index is 13.3. The first-order chi connectivity index (χ1) is 13.8. The largest absolute Gasteiger partial charge is 0.369 e. The van der Waals surface area contributed by atoms with E-state index >= 15 is 0 Å². The van der Waals surface area contributed by atoms with Crippen LogP contribution < -0.4 is 10.0 Å². The van der Waals surface area contributed by atoms with E-state index in [0.29, 0.717) is 31.6 Å². The number of nitrogens with two attached hydrogens (primary N) is 1. The molecule has 1 aliphatic rings. The summed E-state index contributed by atoms with van der Waals surface area (Å²) in [5.74, 6) is -0.912. The molecule has 29 heavy (non-hydrogen) atoms. The van der Waals surface area contributed by atoms with Crippen molar-refractivity contribution in [2.45, 2.75) is 17.7 Å². The number of carbonyl (C=O) groups is 2. The van der Waals surface area contributed by atoms with Crippen LogP contribution in [0.2, 0.25) is 0 Å². The zero-order chi connectivity index (χ0) is 21.0. The first-order valence-electron chi connectivity index (χ1n) is 9.19. The van der Waals surface area contributed by atoms with E-state index in [0.717, 1.165) is 8.78 Å². The number of primary amides is 1. The van der Waals surface area contributed by atoms with Crippen molar-refractivity contribution in [3.63, 3.8) is 0 Å². The summed E-state index contributed by atoms with van der Waals surface area (Å²) in [6.45, 7) is 0.443. The second-order valence-electron chi connectivity index (χ2n) is 6.86. The quantitative estimate of drug-likeness (QED) is 0.686. The van der Waals surface area contributed by atoms with Crippen molar-refractivity contribution in [1.29, 1.82) is 0 Å². The summed E-state index contributed by atoms with van der Waals surface area (Å²) in [5.41, 5.74) is 5.75. The Hall–Kier alpha value is -2.39. The van der Waals surface area contributed by atoms with Crippen molar-refractivity contribution in [3.05, 3.63) is 59.1 Å². The molecule has 9 heteroatoms. The van der Waals surface area contributed by atoms with Crippen LogP contribution in [0, 0.1) is 5.92 Å². The van der Waals surface area contributed by atoms with Crippen LogP contribution in [0.4, 0.5) is 5.69 Å². The minimum Gasteiger partial charge on any atom is -0.369 e. The Kier molecular flexibility index (Phi) is 6.59. The molecule has 1 fully saturated rings. The van der Waals surface area contributed by atoms with E-state index in [-0.39, 0.29) is 29.2 Å². The van der Waals surface area contributed by atoms with E-state index in [1.807, 2.05) is 0 Å². The molecule has 1 saturated heterocycles. The summed E-state index contributed by atoms with van der Waals surface area (Å²) in [6.07, 6.45) is 0.982. The number of likely N-dealkylation sites (tertiary alicyclic amines) is 1. The molecule has 0 atom stereocenters. The molecular formula is C20H22BrN3O4S.